The maximum absolute atomic E-state index is 8.55. The second kappa shape index (κ2) is 8.30. The van der Waals surface area contributed by atoms with Crippen molar-refractivity contribution in [1.82, 2.24) is 6.15 Å². The Hall–Kier alpha value is 0.699. The summed E-state index contributed by atoms with van der Waals surface area (Å²) in [6.07, 6.45) is 0. The minimum absolute atomic E-state index is 0. The van der Waals surface area contributed by atoms with Crippen LogP contribution in [-0.2, 0) is 26.2 Å². The van der Waals surface area contributed by atoms with Crippen LogP contribution < -0.4 is 35.5 Å². The molecule has 4 N–H and O–H groups in total. The van der Waals surface area contributed by atoms with Crippen LogP contribution in [0.5, 0.6) is 0 Å². The largest absolute Gasteiger partial charge is 5.00 e. The Balaban J connectivity index is -0.0000000457. The quantitative estimate of drug-likeness (QED) is 0.328. The molecular formula is H4FeNO8P2. The van der Waals surface area contributed by atoms with Crippen LogP contribution in [0.2, 0.25) is 0 Å². The molecule has 0 atom stereocenters. The van der Waals surface area contributed by atoms with E-state index in [9.17, 15) is 0 Å². The zero-order valence-electron chi connectivity index (χ0n) is 5.51. The van der Waals surface area contributed by atoms with Crippen LogP contribution in [-0.4, -0.2) is 0 Å². The maximum Gasteiger partial charge on any atom is 5.00 e. The van der Waals surface area contributed by atoms with Crippen molar-refractivity contribution in [1.29, 1.82) is 0 Å². The molecular weight excluding hydrogens is 260 g/mol. The van der Waals surface area contributed by atoms with Crippen LogP contribution in [0, 0.1) is 0 Å². The number of hydrogen-bond donors (Lipinski definition) is 1. The first kappa shape index (κ1) is 23.0. The monoisotopic (exact) mass is 264 g/mol. The molecule has 75 valence electrons. The van der Waals surface area contributed by atoms with Gasteiger partial charge < -0.3 is 44.6 Å². The van der Waals surface area contributed by atoms with Gasteiger partial charge in [-0.1, -0.05) is 0 Å². The fourth-order valence-corrected chi connectivity index (χ4v) is 0. The Morgan fingerprint density at radius 1 is 0.667 bits per heavy atom. The van der Waals surface area contributed by atoms with Crippen molar-refractivity contribution in [3.8, 4) is 0 Å². The van der Waals surface area contributed by atoms with Crippen LogP contribution in [0.1, 0.15) is 0 Å². The first-order valence-electron chi connectivity index (χ1n) is 1.46. The van der Waals surface area contributed by atoms with Crippen molar-refractivity contribution in [2.24, 2.45) is 0 Å². The van der Waals surface area contributed by atoms with Gasteiger partial charge in [0.25, 0.3) is 0 Å². The fraction of sp³-hybridized carbons (Fsp3) is 0. The van der Waals surface area contributed by atoms with Gasteiger partial charge in [0.15, 0.2) is 0 Å². The van der Waals surface area contributed by atoms with E-state index in [-0.39, 0.29) is 23.2 Å². The molecule has 12 heavy (non-hydrogen) atoms. The zero-order chi connectivity index (χ0) is 9.00. The van der Waals surface area contributed by atoms with E-state index < -0.39 is 15.6 Å². The van der Waals surface area contributed by atoms with Crippen molar-refractivity contribution in [2.75, 3.05) is 0 Å². The van der Waals surface area contributed by atoms with Gasteiger partial charge >= 0.3 is 17.1 Å². The standard InChI is InChI=1S/Fe.H3N.2H3O4P/c;;2*1-5(2,3)4/h;1H3;2*(H3,1,2,3,4)/q+5;;;/p-5. The maximum atomic E-state index is 8.55. The van der Waals surface area contributed by atoms with E-state index in [1.54, 1.807) is 0 Å². The smallest absolute Gasteiger partial charge is 0.822 e. The van der Waals surface area contributed by atoms with Gasteiger partial charge in [-0.3, -0.25) is 0 Å². The molecule has 9 nitrogen and oxygen atoms in total. The summed E-state index contributed by atoms with van der Waals surface area (Å²) in [5.41, 5.74) is 0. The van der Waals surface area contributed by atoms with Crippen LogP contribution in [0.15, 0.2) is 0 Å². The Morgan fingerprint density at radius 3 is 0.667 bits per heavy atom. The predicted octanol–water partition coefficient (Wildman–Crippen LogP) is -5.28. The molecule has 0 aromatic rings. The van der Waals surface area contributed by atoms with Gasteiger partial charge in [0.2, 0.25) is 0 Å². The average molecular weight is 264 g/mol. The molecule has 0 aromatic carbocycles. The Morgan fingerprint density at radius 2 is 0.667 bits per heavy atom. The molecule has 0 heterocycles. The molecule has 0 aliphatic carbocycles. The molecule has 0 aromatic heterocycles. The van der Waals surface area contributed by atoms with Gasteiger partial charge in [0.05, 0.1) is 0 Å². The number of hydrogen-bond acceptors (Lipinski definition) is 8. The fourth-order valence-electron chi connectivity index (χ4n) is 0. The number of quaternary nitrogens is 1. The molecule has 0 aliphatic rings. The minimum Gasteiger partial charge on any atom is -0.822 e. The molecule has 0 saturated carbocycles. The second-order valence-electron chi connectivity index (χ2n) is 0.894. The van der Waals surface area contributed by atoms with E-state index in [2.05, 4.69) is 0 Å². The van der Waals surface area contributed by atoms with Crippen molar-refractivity contribution >= 4 is 15.6 Å². The molecule has 1 radical (unpaired) electrons. The normalized spacial score (nSPS) is 9.83. The van der Waals surface area contributed by atoms with E-state index in [4.69, 9.17) is 38.5 Å². The van der Waals surface area contributed by atoms with E-state index >= 15 is 0 Å². The second-order valence-corrected chi connectivity index (χ2v) is 2.68. The molecule has 0 fully saturated rings. The van der Waals surface area contributed by atoms with E-state index in [1.807, 2.05) is 0 Å². The molecule has 0 saturated heterocycles. The van der Waals surface area contributed by atoms with Gasteiger partial charge in [-0.25, -0.2) is 0 Å². The summed E-state index contributed by atoms with van der Waals surface area (Å²) >= 11 is 0. The average Bonchev–Trinajstić information content (AvgIpc) is 1.12. The summed E-state index contributed by atoms with van der Waals surface area (Å²) in [6.45, 7) is 0. The summed E-state index contributed by atoms with van der Waals surface area (Å²) in [4.78, 5) is 51.3. The van der Waals surface area contributed by atoms with Gasteiger partial charge in [0, 0.05) is 0 Å². The van der Waals surface area contributed by atoms with Crippen LogP contribution in [0.3, 0.4) is 0 Å². The molecule has 12 heteroatoms. The van der Waals surface area contributed by atoms with Crippen molar-refractivity contribution in [2.45, 2.75) is 0 Å². The Bertz CT molecular complexity index is 129. The molecule has 0 rings (SSSR count). The third-order valence-corrected chi connectivity index (χ3v) is 0. The Kier molecular flexibility index (Phi) is 15.9. The van der Waals surface area contributed by atoms with Crippen molar-refractivity contribution in [3.05, 3.63) is 0 Å². The molecule has 0 aliphatic heterocycles. The molecule has 0 amide bonds. The SMILES string of the molecule is O=P([O-])([O-])[O-].O=P([O-])([O-])[O-].[Fe+5].[NH4+]. The number of phosphoric acid groups is 2. The van der Waals surface area contributed by atoms with Gasteiger partial charge in [-0.2, -0.15) is 15.6 Å². The van der Waals surface area contributed by atoms with Crippen molar-refractivity contribution in [3.63, 3.8) is 0 Å². The van der Waals surface area contributed by atoms with Gasteiger partial charge in [0.1, 0.15) is 0 Å². The summed E-state index contributed by atoms with van der Waals surface area (Å²) in [6, 6.07) is 0. The third kappa shape index (κ3) is 2060. The minimum atomic E-state index is -5.39. The number of rotatable bonds is 0. The summed E-state index contributed by atoms with van der Waals surface area (Å²) < 4.78 is 17.1. The van der Waals surface area contributed by atoms with Gasteiger partial charge in [-0.15, -0.1) is 0 Å². The van der Waals surface area contributed by atoms with E-state index in [1.165, 1.54) is 0 Å². The summed E-state index contributed by atoms with van der Waals surface area (Å²) in [5.74, 6) is 0. The molecule has 0 unspecified atom stereocenters. The van der Waals surface area contributed by atoms with Crippen LogP contribution >= 0.6 is 15.6 Å². The zero-order valence-corrected chi connectivity index (χ0v) is 8.41. The molecule has 0 bridgehead atoms. The summed E-state index contributed by atoms with van der Waals surface area (Å²) in [5, 5.41) is 0. The predicted molar refractivity (Wildman–Crippen MR) is 21.2 cm³/mol. The third-order valence-electron chi connectivity index (χ3n) is 0. The van der Waals surface area contributed by atoms with E-state index in [0.29, 0.717) is 0 Å². The van der Waals surface area contributed by atoms with Crippen LogP contribution in [0.25, 0.3) is 0 Å². The Labute approximate surface area is 78.0 Å². The van der Waals surface area contributed by atoms with Crippen molar-refractivity contribution < 1.29 is 55.6 Å². The topological polar surface area (TPSA) is 209 Å². The van der Waals surface area contributed by atoms with Gasteiger partial charge in [-0.05, 0) is 0 Å². The molecule has 0 spiro atoms. The first-order chi connectivity index (χ1) is 4.00. The summed E-state index contributed by atoms with van der Waals surface area (Å²) in [7, 11) is -10.8. The van der Waals surface area contributed by atoms with E-state index in [0.717, 1.165) is 0 Å². The van der Waals surface area contributed by atoms with Crippen LogP contribution in [0.4, 0.5) is 0 Å². The first-order valence-corrected chi connectivity index (χ1v) is 4.38.